The van der Waals surface area contributed by atoms with Gasteiger partial charge in [0.05, 0.1) is 0 Å². The Morgan fingerprint density at radius 1 is 0.447 bits per heavy atom. The predicted molar refractivity (Wildman–Crippen MR) is 164 cm³/mol. The van der Waals surface area contributed by atoms with Crippen LogP contribution in [0, 0.1) is 0 Å². The van der Waals surface area contributed by atoms with Crippen molar-refractivity contribution in [3.63, 3.8) is 0 Å². The molecule has 2 heterocycles. The van der Waals surface area contributed by atoms with Crippen molar-refractivity contribution in [3.05, 3.63) is 120 Å². The van der Waals surface area contributed by atoms with Gasteiger partial charge in [-0.2, -0.15) is 0 Å². The van der Waals surface area contributed by atoms with E-state index in [9.17, 15) is 0 Å². The lowest BCUT2D eigenvalue weighted by Gasteiger charge is -2.49. The third kappa shape index (κ3) is 4.06. The van der Waals surface area contributed by atoms with Gasteiger partial charge >= 0.3 is 0 Å². The average Bonchev–Trinajstić information content (AvgIpc) is 3.43. The number of fused-ring (bicyclic) bond motifs is 2. The molecule has 190 valence electrons. The smallest absolute Gasteiger partial charge is 0.293 e. The van der Waals surface area contributed by atoms with Crippen LogP contribution in [-0.2, 0) is 0 Å². The maximum absolute atomic E-state index is 2.81. The van der Waals surface area contributed by atoms with Crippen LogP contribution in [-0.4, -0.2) is 34.4 Å². The van der Waals surface area contributed by atoms with E-state index in [1.54, 1.807) is 0 Å². The SMILES string of the molecule is CC(C)(C)N1B(c2ccccc2)c2ccccc2[C@@H]1[C@@H]1c2ccccc2B(c2ccccc2)N1C(C)(C)C. The van der Waals surface area contributed by atoms with E-state index in [0.717, 1.165) is 0 Å². The van der Waals surface area contributed by atoms with E-state index in [1.807, 2.05) is 0 Å². The van der Waals surface area contributed by atoms with E-state index < -0.39 is 0 Å². The summed E-state index contributed by atoms with van der Waals surface area (Å²) in [6.45, 7) is 14.7. The van der Waals surface area contributed by atoms with Gasteiger partial charge in [0.2, 0.25) is 0 Å². The van der Waals surface area contributed by atoms with Crippen molar-refractivity contribution in [3.8, 4) is 0 Å². The highest BCUT2D eigenvalue weighted by atomic mass is 15.3. The molecule has 4 aromatic carbocycles. The quantitative estimate of drug-likeness (QED) is 0.372. The van der Waals surface area contributed by atoms with Crippen LogP contribution in [0.2, 0.25) is 0 Å². The van der Waals surface area contributed by atoms with Crippen LogP contribution >= 0.6 is 0 Å². The molecule has 0 fully saturated rings. The summed E-state index contributed by atoms with van der Waals surface area (Å²) in [6, 6.07) is 41.0. The van der Waals surface area contributed by atoms with Gasteiger partial charge in [-0.15, -0.1) is 0 Å². The summed E-state index contributed by atoms with van der Waals surface area (Å²) in [5.74, 6) is 0. The first-order valence-corrected chi connectivity index (χ1v) is 14.0. The first-order chi connectivity index (χ1) is 18.2. The fourth-order valence-electron chi connectivity index (χ4n) is 7.18. The molecule has 0 saturated heterocycles. The Morgan fingerprint density at radius 3 is 1.11 bits per heavy atom. The van der Waals surface area contributed by atoms with Crippen molar-refractivity contribution in [2.75, 3.05) is 0 Å². The monoisotopic (exact) mass is 496 g/mol. The van der Waals surface area contributed by atoms with E-state index in [2.05, 4.69) is 160 Å². The van der Waals surface area contributed by atoms with Crippen molar-refractivity contribution in [2.24, 2.45) is 0 Å². The number of benzene rings is 4. The summed E-state index contributed by atoms with van der Waals surface area (Å²) in [5, 5.41) is 0. The predicted octanol–water partition coefficient (Wildman–Crippen LogP) is 4.91. The van der Waals surface area contributed by atoms with Crippen LogP contribution in [0.5, 0.6) is 0 Å². The number of hydrogen-bond donors (Lipinski definition) is 0. The lowest BCUT2D eigenvalue weighted by molar-refractivity contribution is 0.0911. The Labute approximate surface area is 229 Å². The Kier molecular flexibility index (Phi) is 6.17. The molecular weight excluding hydrogens is 458 g/mol. The molecular formula is C34H38B2N2. The third-order valence-corrected chi connectivity index (χ3v) is 8.45. The zero-order chi connectivity index (χ0) is 26.7. The third-order valence-electron chi connectivity index (χ3n) is 8.45. The summed E-state index contributed by atoms with van der Waals surface area (Å²) < 4.78 is 0. The standard InChI is InChI=1S/C34H38B2N2/c1-33(2,3)37-31(27-21-13-15-23-29(27)35(37)25-17-9-7-10-18-25)32-28-22-14-16-24-30(28)36(38(32)34(4,5)6)26-19-11-8-12-20-26/h7-24,31-32H,1-6H3/t31-,32+. The Balaban J connectivity index is 1.62. The Bertz CT molecular complexity index is 1310. The molecule has 38 heavy (non-hydrogen) atoms. The second-order valence-corrected chi connectivity index (χ2v) is 12.9. The van der Waals surface area contributed by atoms with Crippen LogP contribution in [0.3, 0.4) is 0 Å². The van der Waals surface area contributed by atoms with Gasteiger partial charge < -0.3 is 9.62 Å². The second-order valence-electron chi connectivity index (χ2n) is 12.9. The first kappa shape index (κ1) is 25.2. The normalized spacial score (nSPS) is 20.1. The lowest BCUT2D eigenvalue weighted by Crippen LogP contribution is -2.62. The highest BCUT2D eigenvalue weighted by Gasteiger charge is 2.56. The lowest BCUT2D eigenvalue weighted by atomic mass is 9.49. The summed E-state index contributed by atoms with van der Waals surface area (Å²) in [7, 11) is 0. The topological polar surface area (TPSA) is 6.48 Å². The zero-order valence-electron chi connectivity index (χ0n) is 23.6. The largest absolute Gasteiger partial charge is 0.321 e. The molecule has 0 saturated carbocycles. The van der Waals surface area contributed by atoms with Gasteiger partial charge in [0.15, 0.2) is 0 Å². The zero-order valence-corrected chi connectivity index (χ0v) is 23.6. The Morgan fingerprint density at radius 2 is 0.763 bits per heavy atom. The molecule has 0 N–H and O–H groups in total. The maximum atomic E-state index is 2.81. The van der Waals surface area contributed by atoms with Crippen LogP contribution in [0.4, 0.5) is 0 Å². The van der Waals surface area contributed by atoms with E-state index in [-0.39, 0.29) is 36.9 Å². The molecule has 6 rings (SSSR count). The fourth-order valence-corrected chi connectivity index (χ4v) is 7.18. The fraction of sp³-hybridized carbons (Fsp3) is 0.294. The molecule has 2 aliphatic rings. The summed E-state index contributed by atoms with van der Waals surface area (Å²) in [4.78, 5) is 5.61. The van der Waals surface area contributed by atoms with Crippen LogP contribution < -0.4 is 21.9 Å². The van der Waals surface area contributed by atoms with Gasteiger partial charge in [-0.05, 0) is 52.7 Å². The van der Waals surface area contributed by atoms with Crippen molar-refractivity contribution >= 4 is 35.5 Å². The molecule has 0 spiro atoms. The van der Waals surface area contributed by atoms with Crippen molar-refractivity contribution in [1.29, 1.82) is 0 Å². The van der Waals surface area contributed by atoms with Gasteiger partial charge in [-0.25, -0.2) is 0 Å². The molecule has 2 nitrogen and oxygen atoms in total. The Hall–Kier alpha value is -3.07. The molecule has 2 aliphatic heterocycles. The van der Waals surface area contributed by atoms with Gasteiger partial charge in [0, 0.05) is 23.2 Å². The van der Waals surface area contributed by atoms with Gasteiger partial charge in [-0.3, -0.25) is 0 Å². The van der Waals surface area contributed by atoms with E-state index in [1.165, 1.54) is 33.0 Å². The van der Waals surface area contributed by atoms with Crippen LogP contribution in [0.1, 0.15) is 64.8 Å². The van der Waals surface area contributed by atoms with E-state index >= 15 is 0 Å². The molecule has 0 aliphatic carbocycles. The van der Waals surface area contributed by atoms with Gasteiger partial charge in [0.25, 0.3) is 13.7 Å². The minimum Gasteiger partial charge on any atom is -0.321 e. The summed E-state index contributed by atoms with van der Waals surface area (Å²) >= 11 is 0. The van der Waals surface area contributed by atoms with Crippen molar-refractivity contribution in [2.45, 2.75) is 64.7 Å². The summed E-state index contributed by atoms with van der Waals surface area (Å²) in [5.41, 5.74) is 8.43. The van der Waals surface area contributed by atoms with E-state index in [4.69, 9.17) is 0 Å². The molecule has 0 unspecified atom stereocenters. The summed E-state index contributed by atoms with van der Waals surface area (Å²) in [6.07, 6.45) is 0. The first-order valence-electron chi connectivity index (χ1n) is 14.0. The van der Waals surface area contributed by atoms with Crippen molar-refractivity contribution in [1.82, 2.24) is 9.62 Å². The molecule has 4 aromatic rings. The van der Waals surface area contributed by atoms with Crippen molar-refractivity contribution < 1.29 is 0 Å². The highest BCUT2D eigenvalue weighted by molar-refractivity contribution is 6.85. The maximum Gasteiger partial charge on any atom is 0.293 e. The molecule has 0 bridgehead atoms. The number of hydrogen-bond acceptors (Lipinski definition) is 2. The van der Waals surface area contributed by atoms with E-state index in [0.29, 0.717) is 0 Å². The molecule has 0 amide bonds. The highest BCUT2D eigenvalue weighted by Crippen LogP contribution is 2.49. The minimum atomic E-state index is -0.0481. The minimum absolute atomic E-state index is 0.0481. The van der Waals surface area contributed by atoms with Crippen LogP contribution in [0.25, 0.3) is 0 Å². The molecule has 4 heteroatoms. The number of rotatable bonds is 3. The average molecular weight is 496 g/mol. The molecule has 0 aromatic heterocycles. The van der Waals surface area contributed by atoms with Crippen LogP contribution in [0.15, 0.2) is 109 Å². The number of nitrogens with zero attached hydrogens (tertiary/aromatic N) is 2. The molecule has 0 radical (unpaired) electrons. The second kappa shape index (κ2) is 9.29. The molecule has 2 atom stereocenters. The van der Waals surface area contributed by atoms with Gasteiger partial charge in [-0.1, -0.05) is 131 Å². The van der Waals surface area contributed by atoms with Gasteiger partial charge in [0.1, 0.15) is 0 Å².